The van der Waals surface area contributed by atoms with Gasteiger partial charge < -0.3 is 5.73 Å². The smallest absolute Gasteiger partial charge is 0.129 e. The summed E-state index contributed by atoms with van der Waals surface area (Å²) in [5, 5.41) is 0. The van der Waals surface area contributed by atoms with Gasteiger partial charge in [-0.1, -0.05) is 36.4 Å². The summed E-state index contributed by atoms with van der Waals surface area (Å²) in [5.74, 6) is -1.30. The van der Waals surface area contributed by atoms with E-state index in [4.69, 9.17) is 5.73 Å². The van der Waals surface area contributed by atoms with Crippen molar-refractivity contribution in [1.82, 2.24) is 4.90 Å². The Kier molecular flexibility index (Phi) is 3.99. The number of likely N-dealkylation sites (tertiary alicyclic amines) is 1. The summed E-state index contributed by atoms with van der Waals surface area (Å²) in [4.78, 5) is 2.15. The highest BCUT2D eigenvalue weighted by Crippen LogP contribution is 2.31. The van der Waals surface area contributed by atoms with Crippen molar-refractivity contribution in [3.8, 4) is 0 Å². The molecule has 110 valence electrons. The average Bonchev–Trinajstić information content (AvgIpc) is 2.80. The first-order valence-electron chi connectivity index (χ1n) is 7.11. The molecule has 0 amide bonds. The summed E-state index contributed by atoms with van der Waals surface area (Å²) in [7, 11) is 0. The molecule has 1 aliphatic heterocycles. The fourth-order valence-corrected chi connectivity index (χ4v) is 3.05. The second-order valence-corrected chi connectivity index (χ2v) is 5.59. The lowest BCUT2D eigenvalue weighted by molar-refractivity contribution is 0.322. The molecule has 2 aromatic carbocycles. The monoisotopic (exact) mass is 288 g/mol. The van der Waals surface area contributed by atoms with Gasteiger partial charge in [0.05, 0.1) is 0 Å². The van der Waals surface area contributed by atoms with Crippen LogP contribution in [0.2, 0.25) is 0 Å². The number of nitrogens with two attached hydrogens (primary N) is 1. The topological polar surface area (TPSA) is 29.3 Å². The molecule has 1 heterocycles. The van der Waals surface area contributed by atoms with Crippen molar-refractivity contribution in [2.24, 2.45) is 5.73 Å². The van der Waals surface area contributed by atoms with Gasteiger partial charge in [0.2, 0.25) is 0 Å². The molecule has 2 N–H and O–H groups in total. The molecule has 2 atom stereocenters. The molecule has 0 spiro atoms. The molecule has 0 radical (unpaired) electrons. The third kappa shape index (κ3) is 2.96. The maximum atomic E-state index is 13.9. The zero-order valence-corrected chi connectivity index (χ0v) is 11.7. The summed E-state index contributed by atoms with van der Waals surface area (Å²) in [6.07, 6.45) is 0. The zero-order valence-electron chi connectivity index (χ0n) is 11.7. The lowest BCUT2D eigenvalue weighted by Crippen LogP contribution is -2.29. The molecule has 21 heavy (non-hydrogen) atoms. The lowest BCUT2D eigenvalue weighted by atomic mass is 9.94. The highest BCUT2D eigenvalue weighted by Gasteiger charge is 2.34. The van der Waals surface area contributed by atoms with E-state index in [0.717, 1.165) is 6.54 Å². The quantitative estimate of drug-likeness (QED) is 0.941. The van der Waals surface area contributed by atoms with Gasteiger partial charge in [0.15, 0.2) is 0 Å². The molecule has 1 saturated heterocycles. The highest BCUT2D eigenvalue weighted by molar-refractivity contribution is 5.27. The number of benzene rings is 2. The summed E-state index contributed by atoms with van der Waals surface area (Å²) in [6, 6.07) is 13.8. The van der Waals surface area contributed by atoms with Crippen LogP contribution in [0.4, 0.5) is 8.78 Å². The second kappa shape index (κ2) is 5.92. The summed E-state index contributed by atoms with van der Waals surface area (Å²) in [6.45, 7) is 1.97. The normalized spacial score (nSPS) is 22.6. The van der Waals surface area contributed by atoms with Gasteiger partial charge in [0, 0.05) is 37.2 Å². The van der Waals surface area contributed by atoms with Crippen molar-refractivity contribution in [2.45, 2.75) is 18.5 Å². The molecule has 0 saturated carbocycles. The van der Waals surface area contributed by atoms with Gasteiger partial charge in [-0.05, 0) is 17.7 Å². The number of rotatable bonds is 3. The first kappa shape index (κ1) is 14.2. The molecular weight excluding hydrogens is 270 g/mol. The standard InChI is InChI=1S/C17H18F2N2/c18-14-7-4-8-15(19)17(14)13-10-21(11-16(13)20)9-12-5-2-1-3-6-12/h1-8,13,16H,9-11,20H2. The summed E-state index contributed by atoms with van der Waals surface area (Å²) < 4.78 is 27.8. The minimum atomic E-state index is -0.503. The van der Waals surface area contributed by atoms with Crippen molar-refractivity contribution >= 4 is 0 Å². The van der Waals surface area contributed by atoms with Gasteiger partial charge in [-0.3, -0.25) is 4.90 Å². The number of hydrogen-bond donors (Lipinski definition) is 1. The van der Waals surface area contributed by atoms with Crippen molar-refractivity contribution in [3.63, 3.8) is 0 Å². The number of halogens is 2. The second-order valence-electron chi connectivity index (χ2n) is 5.59. The molecule has 2 aromatic rings. The van der Waals surface area contributed by atoms with Crippen LogP contribution in [0.3, 0.4) is 0 Å². The van der Waals surface area contributed by atoms with E-state index in [9.17, 15) is 8.78 Å². The van der Waals surface area contributed by atoms with E-state index in [-0.39, 0.29) is 17.5 Å². The van der Waals surface area contributed by atoms with Crippen LogP contribution in [0.5, 0.6) is 0 Å². The Hall–Kier alpha value is -1.78. The van der Waals surface area contributed by atoms with Crippen LogP contribution >= 0.6 is 0 Å². The molecule has 2 unspecified atom stereocenters. The van der Waals surface area contributed by atoms with Gasteiger partial charge in [-0.2, -0.15) is 0 Å². The molecule has 4 heteroatoms. The fourth-order valence-electron chi connectivity index (χ4n) is 3.05. The Labute approximate surface area is 123 Å². The predicted molar refractivity (Wildman–Crippen MR) is 78.8 cm³/mol. The van der Waals surface area contributed by atoms with Crippen LogP contribution < -0.4 is 5.73 Å². The maximum Gasteiger partial charge on any atom is 0.129 e. The lowest BCUT2D eigenvalue weighted by Gasteiger charge is -2.17. The van der Waals surface area contributed by atoms with Crippen LogP contribution in [0.15, 0.2) is 48.5 Å². The van der Waals surface area contributed by atoms with Crippen molar-refractivity contribution < 1.29 is 8.78 Å². The Morgan fingerprint density at radius 1 is 0.952 bits per heavy atom. The van der Waals surface area contributed by atoms with Crippen molar-refractivity contribution in [3.05, 3.63) is 71.3 Å². The Bertz CT molecular complexity index is 595. The van der Waals surface area contributed by atoms with Gasteiger partial charge >= 0.3 is 0 Å². The molecule has 0 aromatic heterocycles. The van der Waals surface area contributed by atoms with Crippen LogP contribution in [0, 0.1) is 11.6 Å². The Balaban J connectivity index is 1.77. The highest BCUT2D eigenvalue weighted by atomic mass is 19.1. The maximum absolute atomic E-state index is 13.9. The zero-order chi connectivity index (χ0) is 14.8. The Morgan fingerprint density at radius 2 is 1.62 bits per heavy atom. The number of nitrogens with zero attached hydrogens (tertiary/aromatic N) is 1. The molecule has 2 nitrogen and oxygen atoms in total. The van der Waals surface area contributed by atoms with E-state index < -0.39 is 11.6 Å². The van der Waals surface area contributed by atoms with Crippen molar-refractivity contribution in [2.75, 3.05) is 13.1 Å². The first-order chi connectivity index (χ1) is 10.1. The van der Waals surface area contributed by atoms with Gasteiger partial charge in [0.25, 0.3) is 0 Å². The molecule has 3 rings (SSSR count). The van der Waals surface area contributed by atoms with E-state index >= 15 is 0 Å². The predicted octanol–water partition coefficient (Wildman–Crippen LogP) is 2.89. The summed E-state index contributed by atoms with van der Waals surface area (Å²) >= 11 is 0. The third-order valence-electron chi connectivity index (χ3n) is 4.06. The summed E-state index contributed by atoms with van der Waals surface area (Å²) in [5.41, 5.74) is 7.42. The number of hydrogen-bond acceptors (Lipinski definition) is 2. The minimum Gasteiger partial charge on any atom is -0.326 e. The van der Waals surface area contributed by atoms with Gasteiger partial charge in [-0.25, -0.2) is 8.78 Å². The largest absolute Gasteiger partial charge is 0.326 e. The SMILES string of the molecule is NC1CN(Cc2ccccc2)CC1c1c(F)cccc1F. The molecule has 0 aliphatic carbocycles. The minimum absolute atomic E-state index is 0.126. The van der Waals surface area contributed by atoms with Crippen LogP contribution in [-0.2, 0) is 6.54 Å². The molecular formula is C17H18F2N2. The average molecular weight is 288 g/mol. The van der Waals surface area contributed by atoms with Gasteiger partial charge in [-0.15, -0.1) is 0 Å². The van der Waals surface area contributed by atoms with E-state index in [1.165, 1.54) is 23.8 Å². The fraction of sp³-hybridized carbons (Fsp3) is 0.294. The van der Waals surface area contributed by atoms with E-state index in [0.29, 0.717) is 13.1 Å². The first-order valence-corrected chi connectivity index (χ1v) is 7.11. The Morgan fingerprint density at radius 3 is 2.29 bits per heavy atom. The van der Waals surface area contributed by atoms with Crippen LogP contribution in [-0.4, -0.2) is 24.0 Å². The molecule has 1 aliphatic rings. The molecule has 1 fully saturated rings. The van der Waals surface area contributed by atoms with E-state index in [1.54, 1.807) is 0 Å². The van der Waals surface area contributed by atoms with Crippen LogP contribution in [0.25, 0.3) is 0 Å². The molecule has 0 bridgehead atoms. The third-order valence-corrected chi connectivity index (χ3v) is 4.06. The van der Waals surface area contributed by atoms with E-state index in [2.05, 4.69) is 4.90 Å². The van der Waals surface area contributed by atoms with Crippen LogP contribution in [0.1, 0.15) is 17.0 Å². The van der Waals surface area contributed by atoms with E-state index in [1.807, 2.05) is 30.3 Å². The van der Waals surface area contributed by atoms with Gasteiger partial charge in [0.1, 0.15) is 11.6 Å². The van der Waals surface area contributed by atoms with Crippen molar-refractivity contribution in [1.29, 1.82) is 0 Å².